The minimum atomic E-state index is -0.115. The van der Waals surface area contributed by atoms with E-state index in [1.807, 2.05) is 12.3 Å². The molecule has 0 bridgehead atoms. The van der Waals surface area contributed by atoms with Crippen molar-refractivity contribution in [1.82, 2.24) is 19.3 Å². The number of para-hydroxylation sites is 1. The molecule has 3 atom stereocenters. The quantitative estimate of drug-likeness (QED) is 0.102. The fourth-order valence-electron chi connectivity index (χ4n) is 8.61. The first-order chi connectivity index (χ1) is 25.4. The first-order valence-electron chi connectivity index (χ1n) is 19.8. The number of aromatic nitrogens is 4. The van der Waals surface area contributed by atoms with Crippen molar-refractivity contribution in [2.75, 3.05) is 0 Å². The van der Waals surface area contributed by atoms with Gasteiger partial charge in [-0.05, 0) is 84.2 Å². The summed E-state index contributed by atoms with van der Waals surface area (Å²) in [5.74, 6) is 4.13. The molecule has 0 aliphatic heterocycles. The van der Waals surface area contributed by atoms with Crippen LogP contribution in [0.1, 0.15) is 128 Å². The first-order valence-corrected chi connectivity index (χ1v) is 19.8. The number of hydrogen-bond acceptors (Lipinski definition) is 3. The number of rotatable bonds is 10. The molecule has 6 heteroatoms. The summed E-state index contributed by atoms with van der Waals surface area (Å²) in [5, 5.41) is 7.72. The topological polar surface area (TPSA) is 44.9 Å². The van der Waals surface area contributed by atoms with Gasteiger partial charge in [0.05, 0.1) is 5.69 Å². The van der Waals surface area contributed by atoms with Crippen LogP contribution in [0.25, 0.3) is 33.3 Å². The average Bonchev–Trinajstić information content (AvgIpc) is 3.62. The van der Waals surface area contributed by atoms with Gasteiger partial charge in [-0.2, -0.15) is 11.2 Å². The molecule has 0 amide bonds. The number of benzene rings is 3. The van der Waals surface area contributed by atoms with E-state index in [2.05, 4.69) is 151 Å². The molecule has 6 aromatic rings. The van der Waals surface area contributed by atoms with Crippen LogP contribution in [0.5, 0.6) is 11.5 Å². The van der Waals surface area contributed by atoms with E-state index in [-0.39, 0.29) is 26.5 Å². The van der Waals surface area contributed by atoms with Crippen LogP contribution in [-0.4, -0.2) is 19.3 Å². The molecular formula is C48H56N4OPt. The monoisotopic (exact) mass is 899 g/mol. The van der Waals surface area contributed by atoms with E-state index in [0.29, 0.717) is 35.2 Å². The number of fused-ring (bicyclic) bond motifs is 3. The summed E-state index contributed by atoms with van der Waals surface area (Å²) in [4.78, 5) is 4.84. The van der Waals surface area contributed by atoms with Gasteiger partial charge in [0.1, 0.15) is 5.82 Å². The number of nitrogens with zero attached hydrogens (tertiary/aromatic N) is 4. The number of aryl methyl sites for hydroxylation is 1. The maximum Gasteiger partial charge on any atom is 2.00 e. The van der Waals surface area contributed by atoms with Gasteiger partial charge in [-0.25, -0.2) is 4.98 Å². The van der Waals surface area contributed by atoms with E-state index >= 15 is 0 Å². The summed E-state index contributed by atoms with van der Waals surface area (Å²) in [7, 11) is 0. The molecule has 1 aliphatic carbocycles. The van der Waals surface area contributed by atoms with Crippen LogP contribution < -0.4 is 4.74 Å². The molecule has 5 nitrogen and oxygen atoms in total. The van der Waals surface area contributed by atoms with E-state index in [1.165, 1.54) is 45.5 Å². The van der Waals surface area contributed by atoms with Crippen LogP contribution in [-0.2, 0) is 39.3 Å². The molecule has 0 radical (unpaired) electrons. The zero-order chi connectivity index (χ0) is 37.6. The molecule has 1 aliphatic rings. The van der Waals surface area contributed by atoms with E-state index < -0.39 is 0 Å². The third-order valence-electron chi connectivity index (χ3n) is 11.1. The van der Waals surface area contributed by atoms with Gasteiger partial charge in [0.15, 0.2) is 0 Å². The van der Waals surface area contributed by atoms with Crippen molar-refractivity contribution in [3.05, 3.63) is 119 Å². The predicted molar refractivity (Wildman–Crippen MR) is 220 cm³/mol. The molecule has 3 aromatic carbocycles. The van der Waals surface area contributed by atoms with Gasteiger partial charge in [0.25, 0.3) is 0 Å². The Morgan fingerprint density at radius 3 is 2.37 bits per heavy atom. The maximum absolute atomic E-state index is 6.78. The summed E-state index contributed by atoms with van der Waals surface area (Å²) in [6.45, 7) is 22.9. The van der Waals surface area contributed by atoms with Crippen molar-refractivity contribution in [1.29, 1.82) is 0 Å². The zero-order valence-corrected chi connectivity index (χ0v) is 36.1. The molecule has 3 aromatic heterocycles. The Balaban J connectivity index is 0.00000497. The Hall–Kier alpha value is -3.95. The predicted octanol–water partition coefficient (Wildman–Crippen LogP) is 12.8. The van der Waals surface area contributed by atoms with Crippen LogP contribution in [0.3, 0.4) is 0 Å². The second-order valence-electron chi connectivity index (χ2n) is 16.8. The molecule has 7 rings (SSSR count). The van der Waals surface area contributed by atoms with E-state index in [4.69, 9.17) is 14.8 Å². The Morgan fingerprint density at radius 1 is 0.907 bits per heavy atom. The van der Waals surface area contributed by atoms with Gasteiger partial charge >= 0.3 is 21.1 Å². The van der Waals surface area contributed by atoms with Crippen LogP contribution in [0, 0.1) is 24.0 Å². The summed E-state index contributed by atoms with van der Waals surface area (Å²) in [6.07, 6.45) is 9.64. The molecule has 54 heavy (non-hydrogen) atoms. The third-order valence-corrected chi connectivity index (χ3v) is 11.1. The molecule has 0 saturated carbocycles. The maximum atomic E-state index is 6.78. The zero-order valence-electron chi connectivity index (χ0n) is 33.8. The molecular weight excluding hydrogens is 844 g/mol. The van der Waals surface area contributed by atoms with Crippen molar-refractivity contribution in [3.8, 4) is 23.0 Å². The number of allylic oxidation sites excluding steroid dienone is 2. The van der Waals surface area contributed by atoms with Crippen molar-refractivity contribution in [2.45, 2.75) is 119 Å². The summed E-state index contributed by atoms with van der Waals surface area (Å²) >= 11 is 0. The van der Waals surface area contributed by atoms with E-state index in [0.717, 1.165) is 53.6 Å². The van der Waals surface area contributed by atoms with E-state index in [1.54, 1.807) is 0 Å². The summed E-state index contributed by atoms with van der Waals surface area (Å²) < 4.78 is 11.2. The molecule has 284 valence electrons. The van der Waals surface area contributed by atoms with Gasteiger partial charge in [0.2, 0.25) is 0 Å². The van der Waals surface area contributed by atoms with E-state index in [9.17, 15) is 0 Å². The minimum absolute atomic E-state index is 0. The molecule has 3 heterocycles. The molecule has 0 N–H and O–H groups in total. The standard InChI is InChI=1S/C48H56N4O.Pt/c1-11-15-41-47(46-32(6)23-31(5)24-33(46)7)43(16-12-2)52(50-41)36-26-35(48(8,9)10)27-38(28-36)53-37-19-20-40-39-17-13-14-18-42(39)51(44(40)29-37)45-25-34(30(3)4)21-22-49-45;/h13-14,17-23,25-27,30-31,33,46H,11-12,15-16,24H2,1-10H3;/q-2;+2/t31-,33-,46?;/m0./s1. The van der Waals surface area contributed by atoms with Crippen molar-refractivity contribution in [2.24, 2.45) is 11.8 Å². The van der Waals surface area contributed by atoms with Crippen molar-refractivity contribution < 1.29 is 25.8 Å². The molecule has 0 spiro atoms. The molecule has 1 unspecified atom stereocenters. The first kappa shape index (κ1) is 39.7. The average molecular weight is 900 g/mol. The van der Waals surface area contributed by atoms with Gasteiger partial charge < -0.3 is 9.30 Å². The Kier molecular flexibility index (Phi) is 11.8. The number of pyridine rings is 1. The smallest absolute Gasteiger partial charge is 0.509 e. The largest absolute Gasteiger partial charge is 2.00 e. The van der Waals surface area contributed by atoms with Crippen LogP contribution >= 0.6 is 0 Å². The third kappa shape index (κ3) is 7.63. The van der Waals surface area contributed by atoms with Crippen LogP contribution in [0.15, 0.2) is 78.5 Å². The normalized spacial score (nSPS) is 17.6. The van der Waals surface area contributed by atoms with Gasteiger partial charge in [-0.15, -0.1) is 41.3 Å². The Labute approximate surface area is 337 Å². The molecule has 0 saturated heterocycles. The fourth-order valence-corrected chi connectivity index (χ4v) is 8.61. The van der Waals surface area contributed by atoms with Gasteiger partial charge in [-0.3, -0.25) is 4.68 Å². The number of hydrogen-bond donors (Lipinski definition) is 0. The van der Waals surface area contributed by atoms with Crippen molar-refractivity contribution in [3.63, 3.8) is 0 Å². The minimum Gasteiger partial charge on any atom is -0.509 e. The fraction of sp³-hybridized carbons (Fsp3) is 0.417. The van der Waals surface area contributed by atoms with Gasteiger partial charge in [0, 0.05) is 40.4 Å². The van der Waals surface area contributed by atoms with Crippen LogP contribution in [0.4, 0.5) is 0 Å². The summed E-state index contributed by atoms with van der Waals surface area (Å²) in [5.41, 5.74) is 10.8. The summed E-state index contributed by atoms with van der Waals surface area (Å²) in [6, 6.07) is 28.8. The molecule has 0 fully saturated rings. The van der Waals surface area contributed by atoms with Gasteiger partial charge in [-0.1, -0.05) is 111 Å². The van der Waals surface area contributed by atoms with Crippen molar-refractivity contribution >= 4 is 21.8 Å². The second-order valence-corrected chi connectivity index (χ2v) is 16.8. The SMILES string of the molecule is CCCc1nn(-c2[c-]c(Oc3[c-]c4c(cc3)c3ccccc3n4-c3cc(C(C)C)ccn3)cc(C(C)(C)C)c2)c(CCC)c1C1C(C)=C[C@H](C)C[C@@H]1C.[Pt+2]. The number of ether oxygens (including phenoxy) is 1. The van der Waals surface area contributed by atoms with Crippen LogP contribution in [0.2, 0.25) is 0 Å². The Morgan fingerprint density at radius 2 is 1.67 bits per heavy atom. The Bertz CT molecular complexity index is 2300. The second kappa shape index (κ2) is 16.0.